The van der Waals surface area contributed by atoms with Gasteiger partial charge in [0.25, 0.3) is 5.91 Å². The van der Waals surface area contributed by atoms with Crippen molar-refractivity contribution in [3.63, 3.8) is 0 Å². The van der Waals surface area contributed by atoms with Gasteiger partial charge < -0.3 is 9.64 Å². The van der Waals surface area contributed by atoms with Crippen molar-refractivity contribution in [2.75, 3.05) is 20.1 Å². The largest absolute Gasteiger partial charge is 0.486 e. The number of hydrogen-bond acceptors (Lipinski definition) is 5. The predicted octanol–water partition coefficient (Wildman–Crippen LogP) is 1.19. The van der Waals surface area contributed by atoms with Gasteiger partial charge >= 0.3 is 0 Å². The van der Waals surface area contributed by atoms with Crippen molar-refractivity contribution in [3.05, 3.63) is 54.1 Å². The summed E-state index contributed by atoms with van der Waals surface area (Å²) in [5.74, 6) is 0.708. The number of carbonyl (C=O) groups excluding carboxylic acids is 1. The number of rotatable bonds is 2. The minimum atomic E-state index is -0.0165. The number of benzene rings is 1. The van der Waals surface area contributed by atoms with Crippen molar-refractivity contribution >= 4 is 5.91 Å². The smallest absolute Gasteiger partial charge is 0.257 e. The highest BCUT2D eigenvalue weighted by atomic mass is 16.5. The Kier molecular flexibility index (Phi) is 3.46. The molecule has 2 aromatic rings. The fraction of sp³-hybridized carbons (Fsp3) is 0.353. The lowest BCUT2D eigenvalue weighted by atomic mass is 10.1. The van der Waals surface area contributed by atoms with Gasteiger partial charge in [-0.15, -0.1) is 0 Å². The topological polar surface area (TPSA) is 58.6 Å². The average molecular weight is 310 g/mol. The second-order valence-electron chi connectivity index (χ2n) is 6.08. The van der Waals surface area contributed by atoms with Crippen LogP contribution in [0, 0.1) is 0 Å². The van der Waals surface area contributed by atoms with Gasteiger partial charge in [-0.1, -0.05) is 12.1 Å². The van der Waals surface area contributed by atoms with Crippen molar-refractivity contribution in [3.8, 4) is 5.75 Å². The molecule has 6 heteroatoms. The maximum absolute atomic E-state index is 12.7. The van der Waals surface area contributed by atoms with Crippen LogP contribution in [0.2, 0.25) is 0 Å². The van der Waals surface area contributed by atoms with E-state index in [9.17, 15) is 4.79 Å². The molecule has 6 nitrogen and oxygen atoms in total. The van der Waals surface area contributed by atoms with E-state index in [0.29, 0.717) is 11.3 Å². The Morgan fingerprint density at radius 2 is 2.00 bits per heavy atom. The summed E-state index contributed by atoms with van der Waals surface area (Å²) in [6, 6.07) is 7.53. The Hall–Kier alpha value is -2.47. The third kappa shape index (κ3) is 2.55. The fourth-order valence-electron chi connectivity index (χ4n) is 3.37. The second-order valence-corrected chi connectivity index (χ2v) is 6.08. The Bertz CT molecular complexity index is 722. The van der Waals surface area contributed by atoms with E-state index in [-0.39, 0.29) is 18.1 Å². The van der Waals surface area contributed by atoms with Crippen molar-refractivity contribution in [1.29, 1.82) is 0 Å². The first-order valence-corrected chi connectivity index (χ1v) is 7.71. The van der Waals surface area contributed by atoms with Crippen LogP contribution in [-0.2, 0) is 6.54 Å². The predicted molar refractivity (Wildman–Crippen MR) is 84.0 cm³/mol. The minimum Gasteiger partial charge on any atom is -0.486 e. The number of hydrogen-bond donors (Lipinski definition) is 0. The van der Waals surface area contributed by atoms with Gasteiger partial charge in [-0.3, -0.25) is 9.69 Å². The molecule has 0 aliphatic carbocycles. The first-order chi connectivity index (χ1) is 11.2. The SMILES string of the molecule is CN1C(=O)c2ccccc2O[C@H]2CN(Cc3cncnc3)C[C@H]21. The van der Waals surface area contributed by atoms with Crippen LogP contribution in [0.1, 0.15) is 15.9 Å². The fourth-order valence-corrected chi connectivity index (χ4v) is 3.37. The number of para-hydroxylation sites is 1. The van der Waals surface area contributed by atoms with E-state index in [2.05, 4.69) is 14.9 Å². The van der Waals surface area contributed by atoms with E-state index >= 15 is 0 Å². The number of carbonyl (C=O) groups is 1. The minimum absolute atomic E-state index is 0.0165. The summed E-state index contributed by atoms with van der Waals surface area (Å²) in [5.41, 5.74) is 1.71. The molecule has 1 amide bonds. The first kappa shape index (κ1) is 14.1. The molecule has 0 saturated carbocycles. The molecule has 0 bridgehead atoms. The van der Waals surface area contributed by atoms with Crippen LogP contribution in [-0.4, -0.2) is 58.0 Å². The summed E-state index contributed by atoms with van der Waals surface area (Å²) in [6.07, 6.45) is 5.17. The lowest BCUT2D eigenvalue weighted by Gasteiger charge is -2.25. The zero-order valence-electron chi connectivity index (χ0n) is 12.9. The zero-order valence-corrected chi connectivity index (χ0v) is 12.9. The third-order valence-corrected chi connectivity index (χ3v) is 4.55. The number of likely N-dealkylation sites (N-methyl/N-ethyl adjacent to an activating group) is 1. The normalized spacial score (nSPS) is 23.9. The van der Waals surface area contributed by atoms with Crippen LogP contribution in [0.5, 0.6) is 5.75 Å². The standard InChI is InChI=1S/C17H18N4O2/c1-20-14-9-21(8-12-6-18-11-19-7-12)10-16(14)23-15-5-3-2-4-13(15)17(20)22/h2-7,11,14,16H,8-10H2,1H3/t14-,16+/m1/s1. The highest BCUT2D eigenvalue weighted by Crippen LogP contribution is 2.30. The number of likely N-dealkylation sites (tertiary alicyclic amines) is 1. The maximum Gasteiger partial charge on any atom is 0.257 e. The number of fused-ring (bicyclic) bond motifs is 2. The summed E-state index contributed by atoms with van der Waals surface area (Å²) in [7, 11) is 1.86. The molecule has 118 valence electrons. The van der Waals surface area contributed by atoms with E-state index in [1.807, 2.05) is 48.6 Å². The summed E-state index contributed by atoms with van der Waals surface area (Å²) in [5, 5.41) is 0. The lowest BCUT2D eigenvalue weighted by molar-refractivity contribution is 0.0682. The van der Waals surface area contributed by atoms with Gasteiger partial charge in [0, 0.05) is 44.6 Å². The highest BCUT2D eigenvalue weighted by molar-refractivity contribution is 5.97. The molecule has 2 aliphatic rings. The Morgan fingerprint density at radius 1 is 1.22 bits per heavy atom. The van der Waals surface area contributed by atoms with Crippen molar-refractivity contribution in [2.24, 2.45) is 0 Å². The van der Waals surface area contributed by atoms with Crippen LogP contribution < -0.4 is 4.74 Å². The van der Waals surface area contributed by atoms with E-state index < -0.39 is 0 Å². The Morgan fingerprint density at radius 3 is 2.83 bits per heavy atom. The molecule has 0 spiro atoms. The Labute approximate surface area is 134 Å². The zero-order chi connectivity index (χ0) is 15.8. The lowest BCUT2D eigenvalue weighted by Crippen LogP contribution is -2.44. The Balaban J connectivity index is 1.57. The molecule has 2 aliphatic heterocycles. The van der Waals surface area contributed by atoms with Crippen molar-refractivity contribution in [2.45, 2.75) is 18.7 Å². The van der Waals surface area contributed by atoms with Gasteiger partial charge in [0.2, 0.25) is 0 Å². The summed E-state index contributed by atoms with van der Waals surface area (Å²) in [4.78, 5) is 24.9. The maximum atomic E-state index is 12.7. The van der Waals surface area contributed by atoms with E-state index in [1.165, 1.54) is 6.33 Å². The van der Waals surface area contributed by atoms with Gasteiger partial charge in [-0.2, -0.15) is 0 Å². The molecule has 23 heavy (non-hydrogen) atoms. The molecule has 1 aromatic carbocycles. The van der Waals surface area contributed by atoms with Crippen molar-refractivity contribution < 1.29 is 9.53 Å². The van der Waals surface area contributed by atoms with Gasteiger partial charge in [0.15, 0.2) is 0 Å². The molecule has 4 rings (SSSR count). The molecular weight excluding hydrogens is 292 g/mol. The molecule has 2 atom stereocenters. The third-order valence-electron chi connectivity index (χ3n) is 4.55. The molecule has 1 fully saturated rings. The van der Waals surface area contributed by atoms with Crippen LogP contribution in [0.25, 0.3) is 0 Å². The van der Waals surface area contributed by atoms with Gasteiger partial charge in [0.05, 0.1) is 11.6 Å². The number of aromatic nitrogens is 2. The molecule has 0 unspecified atom stereocenters. The molecule has 1 aromatic heterocycles. The van der Waals surface area contributed by atoms with Gasteiger partial charge in [-0.25, -0.2) is 9.97 Å². The monoisotopic (exact) mass is 310 g/mol. The number of ether oxygens (including phenoxy) is 1. The number of nitrogens with zero attached hydrogens (tertiary/aromatic N) is 4. The van der Waals surface area contributed by atoms with E-state index in [1.54, 1.807) is 0 Å². The molecule has 1 saturated heterocycles. The van der Waals surface area contributed by atoms with Gasteiger partial charge in [0.1, 0.15) is 18.2 Å². The van der Waals surface area contributed by atoms with Crippen molar-refractivity contribution in [1.82, 2.24) is 19.8 Å². The number of amides is 1. The average Bonchev–Trinajstić information content (AvgIpc) is 2.93. The highest BCUT2D eigenvalue weighted by Gasteiger charge is 2.41. The second kappa shape index (κ2) is 5.62. The molecule has 0 radical (unpaired) electrons. The summed E-state index contributed by atoms with van der Waals surface area (Å²) < 4.78 is 6.15. The van der Waals surface area contributed by atoms with Gasteiger partial charge in [-0.05, 0) is 12.1 Å². The summed E-state index contributed by atoms with van der Waals surface area (Å²) >= 11 is 0. The quantitative estimate of drug-likeness (QED) is 0.834. The van der Waals surface area contributed by atoms with Crippen LogP contribution in [0.3, 0.4) is 0 Å². The van der Waals surface area contributed by atoms with E-state index in [4.69, 9.17) is 4.74 Å². The van der Waals surface area contributed by atoms with Crippen LogP contribution in [0.15, 0.2) is 43.0 Å². The molecule has 3 heterocycles. The first-order valence-electron chi connectivity index (χ1n) is 7.71. The summed E-state index contributed by atoms with van der Waals surface area (Å²) in [6.45, 7) is 2.34. The van der Waals surface area contributed by atoms with Crippen LogP contribution >= 0.6 is 0 Å². The van der Waals surface area contributed by atoms with Crippen LogP contribution in [0.4, 0.5) is 0 Å². The molecular formula is C17H18N4O2. The van der Waals surface area contributed by atoms with E-state index in [0.717, 1.165) is 25.2 Å². The molecule has 0 N–H and O–H groups in total.